The van der Waals surface area contributed by atoms with Crippen LogP contribution in [0.5, 0.6) is 0 Å². The standard InChI is InChI=1S/C12H20ClN3/c1-12(2,8-14)9-16(3)7-10-5-4-6-11(13)15-10/h4-6H,7-9,14H2,1-3H3. The summed E-state index contributed by atoms with van der Waals surface area (Å²) in [6.45, 7) is 6.74. The van der Waals surface area contributed by atoms with Gasteiger partial charge in [0.05, 0.1) is 5.69 Å². The van der Waals surface area contributed by atoms with E-state index >= 15 is 0 Å². The monoisotopic (exact) mass is 241 g/mol. The molecule has 4 heteroatoms. The normalized spacial score (nSPS) is 12.1. The SMILES string of the molecule is CN(Cc1cccc(Cl)n1)CC(C)(C)CN. The van der Waals surface area contributed by atoms with Crippen molar-refractivity contribution in [1.82, 2.24) is 9.88 Å². The Morgan fingerprint density at radius 3 is 2.69 bits per heavy atom. The molecule has 1 aromatic rings. The average molecular weight is 242 g/mol. The maximum atomic E-state index is 5.84. The van der Waals surface area contributed by atoms with Gasteiger partial charge in [-0.25, -0.2) is 4.98 Å². The van der Waals surface area contributed by atoms with Gasteiger partial charge in [0, 0.05) is 13.1 Å². The smallest absolute Gasteiger partial charge is 0.129 e. The Labute approximate surface area is 103 Å². The van der Waals surface area contributed by atoms with E-state index in [0.29, 0.717) is 11.7 Å². The van der Waals surface area contributed by atoms with Crippen molar-refractivity contribution in [2.75, 3.05) is 20.1 Å². The Morgan fingerprint density at radius 1 is 1.44 bits per heavy atom. The van der Waals surface area contributed by atoms with Gasteiger partial charge < -0.3 is 5.73 Å². The molecule has 16 heavy (non-hydrogen) atoms. The first kappa shape index (κ1) is 13.4. The molecule has 0 fully saturated rings. The number of aromatic nitrogens is 1. The maximum Gasteiger partial charge on any atom is 0.129 e. The third-order valence-electron chi connectivity index (χ3n) is 2.46. The van der Waals surface area contributed by atoms with Crippen LogP contribution in [0.3, 0.4) is 0 Å². The average Bonchev–Trinajstić information content (AvgIpc) is 2.16. The van der Waals surface area contributed by atoms with E-state index in [2.05, 4.69) is 30.8 Å². The van der Waals surface area contributed by atoms with Crippen LogP contribution in [0.15, 0.2) is 18.2 Å². The first-order valence-electron chi connectivity index (χ1n) is 5.43. The van der Waals surface area contributed by atoms with E-state index in [1.54, 1.807) is 6.07 Å². The van der Waals surface area contributed by atoms with Crippen LogP contribution >= 0.6 is 11.6 Å². The summed E-state index contributed by atoms with van der Waals surface area (Å²) in [5, 5.41) is 0.545. The van der Waals surface area contributed by atoms with Gasteiger partial charge in [0.15, 0.2) is 0 Å². The molecule has 0 bridgehead atoms. The number of nitrogens with zero attached hydrogens (tertiary/aromatic N) is 2. The van der Waals surface area contributed by atoms with E-state index in [-0.39, 0.29) is 5.41 Å². The molecule has 0 aliphatic heterocycles. The fourth-order valence-electron chi connectivity index (χ4n) is 1.67. The lowest BCUT2D eigenvalue weighted by Gasteiger charge is -2.28. The molecule has 2 N–H and O–H groups in total. The first-order valence-corrected chi connectivity index (χ1v) is 5.81. The van der Waals surface area contributed by atoms with Crippen LogP contribution in [0.4, 0.5) is 0 Å². The fraction of sp³-hybridized carbons (Fsp3) is 0.583. The molecule has 1 aromatic heterocycles. The highest BCUT2D eigenvalue weighted by atomic mass is 35.5. The van der Waals surface area contributed by atoms with Crippen molar-refractivity contribution in [2.24, 2.45) is 11.1 Å². The molecule has 0 aliphatic carbocycles. The largest absolute Gasteiger partial charge is 0.330 e. The van der Waals surface area contributed by atoms with Gasteiger partial charge in [0.2, 0.25) is 0 Å². The highest BCUT2D eigenvalue weighted by molar-refractivity contribution is 6.29. The van der Waals surface area contributed by atoms with Crippen LogP contribution in [-0.4, -0.2) is 30.0 Å². The van der Waals surface area contributed by atoms with E-state index in [9.17, 15) is 0 Å². The number of hydrogen-bond donors (Lipinski definition) is 1. The van der Waals surface area contributed by atoms with E-state index in [1.165, 1.54) is 0 Å². The predicted octanol–water partition coefficient (Wildman–Crippen LogP) is 2.15. The summed E-state index contributed by atoms with van der Waals surface area (Å²) >= 11 is 5.84. The van der Waals surface area contributed by atoms with Gasteiger partial charge >= 0.3 is 0 Å². The van der Waals surface area contributed by atoms with Gasteiger partial charge in [0.25, 0.3) is 0 Å². The van der Waals surface area contributed by atoms with Crippen LogP contribution in [-0.2, 0) is 6.54 Å². The summed E-state index contributed by atoms with van der Waals surface area (Å²) in [7, 11) is 2.07. The third-order valence-corrected chi connectivity index (χ3v) is 2.67. The summed E-state index contributed by atoms with van der Waals surface area (Å²) in [5.41, 5.74) is 6.83. The van der Waals surface area contributed by atoms with Gasteiger partial charge in [-0.3, -0.25) is 4.90 Å². The Balaban J connectivity index is 2.55. The van der Waals surface area contributed by atoms with Crippen LogP contribution in [0.1, 0.15) is 19.5 Å². The van der Waals surface area contributed by atoms with E-state index in [4.69, 9.17) is 17.3 Å². The molecule has 0 spiro atoms. The predicted molar refractivity (Wildman–Crippen MR) is 68.4 cm³/mol. The molecule has 0 aliphatic rings. The zero-order valence-electron chi connectivity index (χ0n) is 10.2. The second-order valence-corrected chi connectivity index (χ2v) is 5.38. The topological polar surface area (TPSA) is 42.2 Å². The number of halogens is 1. The fourth-order valence-corrected chi connectivity index (χ4v) is 1.85. The van der Waals surface area contributed by atoms with Crippen LogP contribution in [0.2, 0.25) is 5.15 Å². The Kier molecular flexibility index (Phi) is 4.71. The highest BCUT2D eigenvalue weighted by Crippen LogP contribution is 2.15. The minimum atomic E-state index is 0.132. The molecule has 1 heterocycles. The summed E-state index contributed by atoms with van der Waals surface area (Å²) in [4.78, 5) is 6.48. The molecule has 0 amide bonds. The van der Waals surface area contributed by atoms with E-state index in [0.717, 1.165) is 18.8 Å². The van der Waals surface area contributed by atoms with Gasteiger partial charge in [-0.15, -0.1) is 0 Å². The summed E-state index contributed by atoms with van der Waals surface area (Å²) in [6.07, 6.45) is 0. The van der Waals surface area contributed by atoms with Crippen molar-refractivity contribution in [3.05, 3.63) is 29.0 Å². The molecule has 0 aromatic carbocycles. The lowest BCUT2D eigenvalue weighted by atomic mass is 9.93. The second kappa shape index (κ2) is 5.62. The minimum absolute atomic E-state index is 0.132. The number of nitrogens with two attached hydrogens (primary N) is 1. The molecule has 0 saturated heterocycles. The Bertz CT molecular complexity index is 339. The first-order chi connectivity index (χ1) is 7.43. The van der Waals surface area contributed by atoms with Gasteiger partial charge in [-0.05, 0) is 31.1 Å². The molecule has 0 radical (unpaired) electrons. The maximum absolute atomic E-state index is 5.84. The third kappa shape index (κ3) is 4.47. The molecule has 0 atom stereocenters. The Morgan fingerprint density at radius 2 is 2.12 bits per heavy atom. The van der Waals surface area contributed by atoms with Gasteiger partial charge in [-0.2, -0.15) is 0 Å². The van der Waals surface area contributed by atoms with Crippen molar-refractivity contribution in [1.29, 1.82) is 0 Å². The lowest BCUT2D eigenvalue weighted by molar-refractivity contribution is 0.208. The molecule has 90 valence electrons. The quantitative estimate of drug-likeness (QED) is 0.804. The second-order valence-electron chi connectivity index (χ2n) is 4.99. The zero-order chi connectivity index (χ0) is 12.2. The summed E-state index contributed by atoms with van der Waals surface area (Å²) in [6, 6.07) is 5.69. The molecule has 1 rings (SSSR count). The van der Waals surface area contributed by atoms with Gasteiger partial charge in [-0.1, -0.05) is 31.5 Å². The van der Waals surface area contributed by atoms with Crippen molar-refractivity contribution in [3.8, 4) is 0 Å². The van der Waals surface area contributed by atoms with Crippen molar-refractivity contribution in [2.45, 2.75) is 20.4 Å². The van der Waals surface area contributed by atoms with Crippen LogP contribution in [0, 0.1) is 5.41 Å². The van der Waals surface area contributed by atoms with E-state index < -0.39 is 0 Å². The number of rotatable bonds is 5. The molecule has 0 saturated carbocycles. The molecule has 3 nitrogen and oxygen atoms in total. The number of hydrogen-bond acceptors (Lipinski definition) is 3. The van der Waals surface area contributed by atoms with Crippen LogP contribution < -0.4 is 5.73 Å². The van der Waals surface area contributed by atoms with E-state index in [1.807, 2.05) is 12.1 Å². The minimum Gasteiger partial charge on any atom is -0.330 e. The summed E-state index contributed by atoms with van der Waals surface area (Å²) in [5.74, 6) is 0. The lowest BCUT2D eigenvalue weighted by Crippen LogP contribution is -2.36. The number of pyridine rings is 1. The van der Waals surface area contributed by atoms with Crippen molar-refractivity contribution < 1.29 is 0 Å². The van der Waals surface area contributed by atoms with Crippen molar-refractivity contribution in [3.63, 3.8) is 0 Å². The molecular formula is C12H20ClN3. The Hall–Kier alpha value is -0.640. The van der Waals surface area contributed by atoms with Gasteiger partial charge in [0.1, 0.15) is 5.15 Å². The molecular weight excluding hydrogens is 222 g/mol. The van der Waals surface area contributed by atoms with Crippen molar-refractivity contribution >= 4 is 11.6 Å². The zero-order valence-corrected chi connectivity index (χ0v) is 11.0. The van der Waals surface area contributed by atoms with Crippen LogP contribution in [0.25, 0.3) is 0 Å². The molecule has 0 unspecified atom stereocenters. The summed E-state index contributed by atoms with van der Waals surface area (Å²) < 4.78 is 0. The highest BCUT2D eigenvalue weighted by Gasteiger charge is 2.18.